The van der Waals surface area contributed by atoms with Crippen molar-refractivity contribution in [1.82, 2.24) is 5.32 Å². The van der Waals surface area contributed by atoms with Gasteiger partial charge in [-0.25, -0.2) is 4.79 Å². The Kier molecular flexibility index (Phi) is 8.65. The van der Waals surface area contributed by atoms with Gasteiger partial charge < -0.3 is 19.9 Å². The summed E-state index contributed by atoms with van der Waals surface area (Å²) in [6.07, 6.45) is -3.41. The molecule has 0 unspecified atom stereocenters. The van der Waals surface area contributed by atoms with Gasteiger partial charge in [-0.05, 0) is 82.9 Å². The average Bonchev–Trinajstić information content (AvgIpc) is 2.67. The fourth-order valence-electron chi connectivity index (χ4n) is 3.07. The van der Waals surface area contributed by atoms with Crippen molar-refractivity contribution >= 4 is 17.7 Å². The van der Waals surface area contributed by atoms with E-state index in [1.807, 2.05) is 0 Å². The van der Waals surface area contributed by atoms with Crippen molar-refractivity contribution in [1.29, 1.82) is 0 Å². The first-order valence-corrected chi connectivity index (χ1v) is 10.8. The van der Waals surface area contributed by atoms with E-state index in [0.717, 1.165) is 17.7 Å². The zero-order valence-corrected chi connectivity index (χ0v) is 19.8. The molecule has 2 aromatic rings. The van der Waals surface area contributed by atoms with Crippen LogP contribution in [0.4, 0.5) is 18.0 Å². The molecule has 182 valence electrons. The number of carbonyl (C=O) groups is 1. The number of benzene rings is 2. The maximum atomic E-state index is 12.9. The number of alkyl halides is 3. The number of nitrogens with one attached hydrogen (secondary N) is 1. The average molecular weight is 488 g/mol. The highest BCUT2D eigenvalue weighted by Gasteiger charge is 2.31. The standard InChI is InChI=1S/C24H29ClF3NO4/c1-22(2,3)33-21(31)29-23(4,15-30)12-6-7-16-10-11-19(14-20(16)25)32-18-9-5-8-17(13-18)24(26,27)28/h5,8-11,13-14,30H,6-7,12,15H2,1-4H3,(H,29,31)/t23-/m1/s1. The fraction of sp³-hybridized carbons (Fsp3) is 0.458. The molecule has 1 atom stereocenters. The fourth-order valence-corrected chi connectivity index (χ4v) is 3.33. The number of rotatable bonds is 8. The van der Waals surface area contributed by atoms with Crippen molar-refractivity contribution in [2.75, 3.05) is 6.61 Å². The van der Waals surface area contributed by atoms with Crippen LogP contribution < -0.4 is 10.1 Å². The number of carbonyl (C=O) groups excluding carboxylic acids is 1. The lowest BCUT2D eigenvalue weighted by molar-refractivity contribution is -0.137. The molecule has 2 aromatic carbocycles. The molecule has 0 aliphatic carbocycles. The second-order valence-electron chi connectivity index (χ2n) is 9.08. The predicted molar refractivity (Wildman–Crippen MR) is 121 cm³/mol. The van der Waals surface area contributed by atoms with Gasteiger partial charge in [0.2, 0.25) is 0 Å². The van der Waals surface area contributed by atoms with Gasteiger partial charge in [0.1, 0.15) is 17.1 Å². The molecule has 2 N–H and O–H groups in total. The van der Waals surface area contributed by atoms with Crippen LogP contribution in [0.15, 0.2) is 42.5 Å². The van der Waals surface area contributed by atoms with E-state index < -0.39 is 29.0 Å². The van der Waals surface area contributed by atoms with E-state index in [-0.39, 0.29) is 12.4 Å². The van der Waals surface area contributed by atoms with E-state index in [2.05, 4.69) is 5.32 Å². The molecule has 0 aromatic heterocycles. The molecule has 0 radical (unpaired) electrons. The Morgan fingerprint density at radius 2 is 1.73 bits per heavy atom. The second kappa shape index (κ2) is 10.7. The first-order chi connectivity index (χ1) is 15.2. The molecular formula is C24H29ClF3NO4. The van der Waals surface area contributed by atoms with Gasteiger partial charge in [0.05, 0.1) is 17.7 Å². The number of alkyl carbamates (subject to hydrolysis) is 1. The van der Waals surface area contributed by atoms with Gasteiger partial charge in [0, 0.05) is 5.02 Å². The topological polar surface area (TPSA) is 67.8 Å². The number of hydrogen-bond donors (Lipinski definition) is 2. The molecule has 5 nitrogen and oxygen atoms in total. The van der Waals surface area contributed by atoms with Crippen LogP contribution in [0.3, 0.4) is 0 Å². The Morgan fingerprint density at radius 3 is 2.30 bits per heavy atom. The SMILES string of the molecule is CC(C)(C)OC(=O)N[C@@](C)(CO)CCCc1ccc(Oc2cccc(C(F)(F)F)c2)cc1Cl. The molecule has 0 bridgehead atoms. The van der Waals surface area contributed by atoms with Crippen LogP contribution >= 0.6 is 11.6 Å². The van der Waals surface area contributed by atoms with Gasteiger partial charge in [-0.2, -0.15) is 13.2 Å². The summed E-state index contributed by atoms with van der Waals surface area (Å²) in [6, 6.07) is 9.52. The van der Waals surface area contributed by atoms with Crippen molar-refractivity contribution in [2.45, 2.75) is 64.3 Å². The summed E-state index contributed by atoms with van der Waals surface area (Å²) in [4.78, 5) is 12.0. The van der Waals surface area contributed by atoms with Crippen LogP contribution in [0.5, 0.6) is 11.5 Å². The third-order valence-electron chi connectivity index (χ3n) is 4.75. The zero-order chi connectivity index (χ0) is 24.9. The van der Waals surface area contributed by atoms with Gasteiger partial charge >= 0.3 is 12.3 Å². The minimum absolute atomic E-state index is 0.0561. The van der Waals surface area contributed by atoms with E-state index in [0.29, 0.717) is 30.0 Å². The number of aryl methyl sites for hydroxylation is 1. The van der Waals surface area contributed by atoms with Crippen molar-refractivity contribution in [3.63, 3.8) is 0 Å². The molecule has 33 heavy (non-hydrogen) atoms. The lowest BCUT2D eigenvalue weighted by Crippen LogP contribution is -2.50. The maximum Gasteiger partial charge on any atom is 0.416 e. The molecule has 0 aliphatic rings. The number of hydrogen-bond acceptors (Lipinski definition) is 4. The minimum Gasteiger partial charge on any atom is -0.457 e. The van der Waals surface area contributed by atoms with Gasteiger partial charge in [-0.3, -0.25) is 0 Å². The van der Waals surface area contributed by atoms with E-state index in [9.17, 15) is 23.1 Å². The van der Waals surface area contributed by atoms with Crippen LogP contribution in [0.1, 0.15) is 51.7 Å². The molecule has 0 fully saturated rings. The Balaban J connectivity index is 1.97. The van der Waals surface area contributed by atoms with Crippen molar-refractivity contribution in [3.8, 4) is 11.5 Å². The highest BCUT2D eigenvalue weighted by atomic mass is 35.5. The number of halogens is 4. The Hall–Kier alpha value is -2.45. The highest BCUT2D eigenvalue weighted by molar-refractivity contribution is 6.31. The monoisotopic (exact) mass is 487 g/mol. The highest BCUT2D eigenvalue weighted by Crippen LogP contribution is 2.33. The Labute approximate surface area is 196 Å². The largest absolute Gasteiger partial charge is 0.457 e. The van der Waals surface area contributed by atoms with Crippen molar-refractivity contribution < 1.29 is 32.5 Å². The summed E-state index contributed by atoms with van der Waals surface area (Å²) in [5.74, 6) is 0.371. The van der Waals surface area contributed by atoms with E-state index >= 15 is 0 Å². The maximum absolute atomic E-state index is 12.9. The normalized spacial score (nSPS) is 13.8. The van der Waals surface area contributed by atoms with E-state index in [1.165, 1.54) is 12.1 Å². The molecule has 0 saturated heterocycles. The van der Waals surface area contributed by atoms with Crippen LogP contribution in [0.2, 0.25) is 5.02 Å². The molecule has 0 spiro atoms. The predicted octanol–water partition coefficient (Wildman–Crippen LogP) is 6.75. The number of amides is 1. The number of aliphatic hydroxyl groups excluding tert-OH is 1. The van der Waals surface area contributed by atoms with E-state index in [4.69, 9.17) is 21.1 Å². The Bertz CT molecular complexity index is 959. The summed E-state index contributed by atoms with van der Waals surface area (Å²) in [6.45, 7) is 6.73. The van der Waals surface area contributed by atoms with Gasteiger partial charge in [0.25, 0.3) is 0 Å². The van der Waals surface area contributed by atoms with Gasteiger partial charge in [-0.1, -0.05) is 23.7 Å². The molecule has 0 aliphatic heterocycles. The lowest BCUT2D eigenvalue weighted by Gasteiger charge is -2.30. The third kappa shape index (κ3) is 8.78. The first-order valence-electron chi connectivity index (χ1n) is 10.5. The van der Waals surface area contributed by atoms with Crippen molar-refractivity contribution in [3.05, 3.63) is 58.6 Å². The van der Waals surface area contributed by atoms with Crippen LogP contribution in [0.25, 0.3) is 0 Å². The second-order valence-corrected chi connectivity index (χ2v) is 9.49. The molecule has 9 heteroatoms. The number of aliphatic hydroxyl groups is 1. The summed E-state index contributed by atoms with van der Waals surface area (Å²) in [7, 11) is 0. The minimum atomic E-state index is -4.46. The summed E-state index contributed by atoms with van der Waals surface area (Å²) < 4.78 is 49.4. The summed E-state index contributed by atoms with van der Waals surface area (Å²) in [5.41, 5.74) is -1.49. The summed E-state index contributed by atoms with van der Waals surface area (Å²) >= 11 is 6.34. The van der Waals surface area contributed by atoms with Gasteiger partial charge in [0.15, 0.2) is 0 Å². The van der Waals surface area contributed by atoms with Gasteiger partial charge in [-0.15, -0.1) is 0 Å². The zero-order valence-electron chi connectivity index (χ0n) is 19.1. The molecular weight excluding hydrogens is 459 g/mol. The summed E-state index contributed by atoms with van der Waals surface area (Å²) in [5, 5.41) is 12.9. The lowest BCUT2D eigenvalue weighted by atomic mass is 9.94. The first kappa shape index (κ1) is 26.8. The van der Waals surface area contributed by atoms with Crippen LogP contribution in [0, 0.1) is 0 Å². The van der Waals surface area contributed by atoms with E-state index in [1.54, 1.807) is 45.9 Å². The molecule has 0 heterocycles. The van der Waals surface area contributed by atoms with Crippen molar-refractivity contribution in [2.24, 2.45) is 0 Å². The Morgan fingerprint density at radius 1 is 1.06 bits per heavy atom. The third-order valence-corrected chi connectivity index (χ3v) is 5.10. The molecule has 2 rings (SSSR count). The van der Waals surface area contributed by atoms with Crippen LogP contribution in [-0.4, -0.2) is 28.9 Å². The quantitative estimate of drug-likeness (QED) is 0.432. The number of ether oxygens (including phenoxy) is 2. The molecule has 0 saturated carbocycles. The molecule has 1 amide bonds. The smallest absolute Gasteiger partial charge is 0.416 e. The van der Waals surface area contributed by atoms with Crippen LogP contribution in [-0.2, 0) is 17.3 Å².